The molecule has 8 nitrogen and oxygen atoms in total. The summed E-state index contributed by atoms with van der Waals surface area (Å²) in [5, 5.41) is 33.7. The van der Waals surface area contributed by atoms with Crippen molar-refractivity contribution in [3.63, 3.8) is 0 Å². The second kappa shape index (κ2) is 7.05. The predicted octanol–water partition coefficient (Wildman–Crippen LogP) is 4.15. The minimum absolute atomic E-state index is 0.168. The van der Waals surface area contributed by atoms with Gasteiger partial charge in [-0.25, -0.2) is 4.79 Å². The average molecular weight is 465 g/mol. The number of carbonyl (C=O) groups is 1. The molecule has 0 spiro atoms. The Morgan fingerprint density at radius 1 is 1.30 bits per heavy atom. The van der Waals surface area contributed by atoms with Gasteiger partial charge in [-0.05, 0) is 45.9 Å². The molecule has 1 aromatic heterocycles. The number of aromatic nitrogens is 1. The van der Waals surface area contributed by atoms with Crippen LogP contribution in [0.2, 0.25) is 0 Å². The zero-order chi connectivity index (χ0) is 24.5. The minimum atomic E-state index is -4.81. The third-order valence-electron chi connectivity index (χ3n) is 6.16. The fourth-order valence-corrected chi connectivity index (χ4v) is 4.89. The first-order chi connectivity index (χ1) is 15.2. The quantitative estimate of drug-likeness (QED) is 0.627. The van der Waals surface area contributed by atoms with E-state index in [2.05, 4.69) is 5.32 Å². The van der Waals surface area contributed by atoms with Gasteiger partial charge in [-0.2, -0.15) is 18.4 Å². The molecule has 4 rings (SSSR count). The second-order valence-corrected chi connectivity index (χ2v) is 8.87. The Kier molecular flexibility index (Phi) is 4.87. The van der Waals surface area contributed by atoms with Crippen molar-refractivity contribution in [2.75, 3.05) is 0 Å². The number of rotatable bonds is 3. The highest BCUT2D eigenvalue weighted by molar-refractivity contribution is 5.70. The first-order valence-corrected chi connectivity index (χ1v) is 10.2. The number of fused-ring (bicyclic) bond motifs is 5. The number of ether oxygens (including phenoxy) is 2. The lowest BCUT2D eigenvalue weighted by Crippen LogP contribution is -2.47. The fourth-order valence-electron chi connectivity index (χ4n) is 4.89. The highest BCUT2D eigenvalue weighted by Crippen LogP contribution is 2.64. The number of benzene rings is 1. The van der Waals surface area contributed by atoms with E-state index in [4.69, 9.17) is 14.7 Å². The molecule has 33 heavy (non-hydrogen) atoms. The van der Waals surface area contributed by atoms with Gasteiger partial charge in [0.25, 0.3) is 0 Å². The standard InChI is InChI=1S/C22H22F3N3O5/c1-10(2)32-19(31)27-14-8-20(3)15-16(21(14,4)33-20)18(30)28(17(15)29)12-6-5-11(9-26)13(7-12)22(23,24)25/h5-7,10,14,29-30H,8H2,1-4H3,(H,27,31)/t14-,20+,21-/m1/s1. The summed E-state index contributed by atoms with van der Waals surface area (Å²) in [7, 11) is 0. The fraction of sp³-hybridized carbons (Fsp3) is 0.455. The summed E-state index contributed by atoms with van der Waals surface area (Å²) in [4.78, 5) is 12.2. The number of hydrogen-bond donors (Lipinski definition) is 3. The zero-order valence-electron chi connectivity index (χ0n) is 18.2. The van der Waals surface area contributed by atoms with Gasteiger partial charge in [-0.3, -0.25) is 4.57 Å². The number of nitriles is 1. The normalized spacial score (nSPS) is 25.7. The molecule has 2 bridgehead atoms. The van der Waals surface area contributed by atoms with Crippen LogP contribution in [0.1, 0.15) is 56.4 Å². The van der Waals surface area contributed by atoms with Crippen molar-refractivity contribution in [3.8, 4) is 23.5 Å². The van der Waals surface area contributed by atoms with Crippen molar-refractivity contribution in [2.24, 2.45) is 0 Å². The van der Waals surface area contributed by atoms with Gasteiger partial charge in [0.05, 0.1) is 51.8 Å². The van der Waals surface area contributed by atoms with Crippen LogP contribution in [-0.4, -0.2) is 33.0 Å². The van der Waals surface area contributed by atoms with Crippen LogP contribution in [0.4, 0.5) is 18.0 Å². The number of carbonyl (C=O) groups excluding carboxylic acids is 1. The molecule has 2 aromatic rings. The number of nitrogens with zero attached hydrogens (tertiary/aromatic N) is 2. The molecule has 3 N–H and O–H groups in total. The molecule has 0 radical (unpaired) electrons. The Hall–Kier alpha value is -3.39. The molecule has 176 valence electrons. The highest BCUT2D eigenvalue weighted by Gasteiger charge is 2.65. The van der Waals surface area contributed by atoms with E-state index in [1.54, 1.807) is 27.7 Å². The maximum Gasteiger partial charge on any atom is 0.417 e. The van der Waals surface area contributed by atoms with E-state index in [9.17, 15) is 28.2 Å². The number of alkyl carbamates (subject to hydrolysis) is 1. The van der Waals surface area contributed by atoms with Gasteiger partial charge in [0.1, 0.15) is 5.60 Å². The van der Waals surface area contributed by atoms with Crippen LogP contribution in [0.5, 0.6) is 11.8 Å². The van der Waals surface area contributed by atoms with Gasteiger partial charge in [0.2, 0.25) is 11.8 Å². The monoisotopic (exact) mass is 465 g/mol. The van der Waals surface area contributed by atoms with E-state index in [1.807, 2.05) is 0 Å². The molecule has 1 aromatic carbocycles. The van der Waals surface area contributed by atoms with Crippen LogP contribution in [0, 0.1) is 11.3 Å². The highest BCUT2D eigenvalue weighted by atomic mass is 19.4. The molecule has 2 aliphatic rings. The number of alkyl halides is 3. The van der Waals surface area contributed by atoms with Crippen LogP contribution < -0.4 is 5.32 Å². The first-order valence-electron chi connectivity index (χ1n) is 10.2. The maximum absolute atomic E-state index is 13.5. The lowest BCUT2D eigenvalue weighted by atomic mass is 9.76. The molecule has 1 saturated heterocycles. The van der Waals surface area contributed by atoms with Crippen LogP contribution in [-0.2, 0) is 26.9 Å². The largest absolute Gasteiger partial charge is 0.494 e. The molecule has 1 amide bonds. The second-order valence-electron chi connectivity index (χ2n) is 8.87. The molecule has 1 fully saturated rings. The summed E-state index contributed by atoms with van der Waals surface area (Å²) in [6.45, 7) is 6.66. The summed E-state index contributed by atoms with van der Waals surface area (Å²) in [5.74, 6) is -0.995. The van der Waals surface area contributed by atoms with Crippen molar-refractivity contribution in [1.29, 1.82) is 5.26 Å². The van der Waals surface area contributed by atoms with Crippen LogP contribution >= 0.6 is 0 Å². The molecule has 0 unspecified atom stereocenters. The molecule has 2 aliphatic heterocycles. The molecule has 0 aliphatic carbocycles. The summed E-state index contributed by atoms with van der Waals surface area (Å²) >= 11 is 0. The van der Waals surface area contributed by atoms with Gasteiger partial charge >= 0.3 is 12.3 Å². The van der Waals surface area contributed by atoms with E-state index in [1.165, 1.54) is 12.1 Å². The van der Waals surface area contributed by atoms with Gasteiger partial charge in [-0.1, -0.05) is 0 Å². The van der Waals surface area contributed by atoms with Gasteiger partial charge in [0.15, 0.2) is 0 Å². The summed E-state index contributed by atoms with van der Waals surface area (Å²) < 4.78 is 52.5. The SMILES string of the molecule is CC(C)OC(=O)N[C@@H]1C[C@]2(C)O[C@@]1(C)c1c2c(O)n(-c2ccc(C#N)c(C(F)(F)F)c2)c1O. The van der Waals surface area contributed by atoms with Gasteiger partial charge in [-0.15, -0.1) is 0 Å². The molecular formula is C22H22F3N3O5. The third kappa shape index (κ3) is 3.28. The van der Waals surface area contributed by atoms with Gasteiger partial charge in [0, 0.05) is 6.42 Å². The van der Waals surface area contributed by atoms with Crippen molar-refractivity contribution in [1.82, 2.24) is 9.88 Å². The third-order valence-corrected chi connectivity index (χ3v) is 6.16. The van der Waals surface area contributed by atoms with Crippen molar-refractivity contribution >= 4 is 6.09 Å². The van der Waals surface area contributed by atoms with E-state index in [0.29, 0.717) is 6.07 Å². The smallest absolute Gasteiger partial charge is 0.417 e. The van der Waals surface area contributed by atoms with Crippen LogP contribution in [0.15, 0.2) is 18.2 Å². The molecule has 3 atom stereocenters. The maximum atomic E-state index is 13.5. The van der Waals surface area contributed by atoms with Crippen LogP contribution in [0.25, 0.3) is 5.69 Å². The van der Waals surface area contributed by atoms with Crippen molar-refractivity contribution in [2.45, 2.75) is 63.6 Å². The van der Waals surface area contributed by atoms with Gasteiger partial charge < -0.3 is 25.0 Å². The Bertz CT molecular complexity index is 1200. The molecular weight excluding hydrogens is 443 g/mol. The van der Waals surface area contributed by atoms with E-state index >= 15 is 0 Å². The molecule has 11 heteroatoms. The van der Waals surface area contributed by atoms with Crippen molar-refractivity contribution in [3.05, 3.63) is 40.5 Å². The summed E-state index contributed by atoms with van der Waals surface area (Å²) in [5.41, 5.74) is -3.94. The number of halogens is 3. The van der Waals surface area contributed by atoms with E-state index < -0.39 is 52.4 Å². The summed E-state index contributed by atoms with van der Waals surface area (Å²) in [6.07, 6.45) is -5.61. The number of aromatic hydroxyl groups is 2. The van der Waals surface area contributed by atoms with E-state index in [0.717, 1.165) is 10.6 Å². The van der Waals surface area contributed by atoms with E-state index in [-0.39, 0.29) is 29.3 Å². The topological polar surface area (TPSA) is 117 Å². The minimum Gasteiger partial charge on any atom is -0.494 e. The van der Waals surface area contributed by atoms with Crippen molar-refractivity contribution < 1.29 is 37.7 Å². The Balaban J connectivity index is 1.82. The summed E-state index contributed by atoms with van der Waals surface area (Å²) in [6, 6.07) is 3.73. The predicted molar refractivity (Wildman–Crippen MR) is 108 cm³/mol. The number of nitrogens with one attached hydrogen (secondary N) is 1. The lowest BCUT2D eigenvalue weighted by Gasteiger charge is -2.30. The molecule has 3 heterocycles. The average Bonchev–Trinajstić information content (AvgIpc) is 3.21. The van der Waals surface area contributed by atoms with Crippen LogP contribution in [0.3, 0.4) is 0 Å². The Labute approximate surface area is 187 Å². The number of hydrogen-bond acceptors (Lipinski definition) is 6. The molecule has 0 saturated carbocycles. The Morgan fingerprint density at radius 3 is 2.52 bits per heavy atom. The lowest BCUT2D eigenvalue weighted by molar-refractivity contribution is -0.137. The Morgan fingerprint density at radius 2 is 1.94 bits per heavy atom. The number of amides is 1. The first kappa shape index (κ1) is 22.8. The zero-order valence-corrected chi connectivity index (χ0v) is 18.2.